The first-order valence-corrected chi connectivity index (χ1v) is 5.49. The summed E-state index contributed by atoms with van der Waals surface area (Å²) in [6, 6.07) is -5.82. The zero-order valence-electron chi connectivity index (χ0n) is 24.2. The fraction of sp³-hybridized carbons (Fsp3) is 0.294. The minimum absolute atomic E-state index is 0.0530. The summed E-state index contributed by atoms with van der Waals surface area (Å²) in [6.07, 6.45) is -2.57. The Morgan fingerprint density at radius 3 is 2.74 bits per heavy atom. The molecule has 19 heavy (non-hydrogen) atoms. The summed E-state index contributed by atoms with van der Waals surface area (Å²) in [7, 11) is 0. The minimum Gasteiger partial charge on any atom is -0.485 e. The van der Waals surface area contributed by atoms with Gasteiger partial charge < -0.3 is 10.1 Å². The Bertz CT molecular complexity index is 1020. The zero-order chi connectivity index (χ0) is 25.6. The Labute approximate surface area is 135 Å². The molecular weight excluding hydrogens is 234 g/mol. The molecule has 1 N–H and O–H groups in total. The second-order valence-corrected chi connectivity index (χ2v) is 3.61. The molecule has 0 fully saturated rings. The maximum absolute atomic E-state index is 8.19. The zero-order valence-corrected chi connectivity index (χ0v) is 10.2. The van der Waals surface area contributed by atoms with E-state index in [1.165, 1.54) is 6.92 Å². The second-order valence-electron chi connectivity index (χ2n) is 3.61. The molecule has 0 saturated carbocycles. The predicted molar refractivity (Wildman–Crippen MR) is 79.5 cm³/mol. The molecular formula is C17H21NO. The molecule has 0 aliphatic carbocycles. The third-order valence-corrected chi connectivity index (χ3v) is 2.31. The van der Waals surface area contributed by atoms with Gasteiger partial charge in [-0.1, -0.05) is 48.3 Å². The van der Waals surface area contributed by atoms with E-state index in [1.807, 2.05) is 0 Å². The molecule has 2 heteroatoms. The lowest BCUT2D eigenvalue weighted by molar-refractivity contribution is 0.193. The standard InChI is InChI=1S/C17H21NO/c1-14-8-6-7-11-16(14)19-17(12-13-18-2)15-9-4-3-5-10-15/h3-11,17-18H,12-13H2,1-2H3/i2D3,3D,4D,5D,6D,7D,8D,9D,10D,11D,13D2. The number of benzene rings is 2. The molecule has 2 nitrogen and oxygen atoms in total. The topological polar surface area (TPSA) is 21.3 Å². The van der Waals surface area contributed by atoms with Crippen LogP contribution in [0.15, 0.2) is 54.4 Å². The molecule has 1 atom stereocenters. The predicted octanol–water partition coefficient (Wildman–Crippen LogP) is 3.72. The van der Waals surface area contributed by atoms with Crippen molar-refractivity contribution in [2.24, 2.45) is 0 Å². The van der Waals surface area contributed by atoms with Gasteiger partial charge in [0.15, 0.2) is 0 Å². The van der Waals surface area contributed by atoms with Crippen LogP contribution in [0, 0.1) is 6.92 Å². The Morgan fingerprint density at radius 1 is 1.21 bits per heavy atom. The third-order valence-electron chi connectivity index (χ3n) is 2.31. The van der Waals surface area contributed by atoms with Gasteiger partial charge in [-0.2, -0.15) is 0 Å². The van der Waals surface area contributed by atoms with Gasteiger partial charge in [0.1, 0.15) is 11.9 Å². The fourth-order valence-corrected chi connectivity index (χ4v) is 1.39. The molecule has 0 heterocycles. The van der Waals surface area contributed by atoms with Crippen LogP contribution in [0.1, 0.15) is 42.8 Å². The average molecular weight is 269 g/mol. The normalized spacial score (nSPS) is 24.1. The highest BCUT2D eigenvalue weighted by Gasteiger charge is 2.13. The molecule has 1 unspecified atom stereocenters. The van der Waals surface area contributed by atoms with E-state index in [2.05, 4.69) is 0 Å². The Morgan fingerprint density at radius 2 is 1.95 bits per heavy atom. The number of ether oxygens (including phenoxy) is 1. The van der Waals surface area contributed by atoms with Crippen LogP contribution in [0.2, 0.25) is 0 Å². The smallest absolute Gasteiger partial charge is 0.125 e. The lowest BCUT2D eigenvalue weighted by Crippen LogP contribution is -2.16. The molecule has 0 spiro atoms. The third kappa shape index (κ3) is 3.83. The molecule has 0 aliphatic rings. The number of nitrogens with one attached hydrogen (secondary N) is 1. The molecule has 0 aromatic heterocycles. The van der Waals surface area contributed by atoms with E-state index in [1.54, 1.807) is 5.32 Å². The molecule has 100 valence electrons. The van der Waals surface area contributed by atoms with E-state index < -0.39 is 91.7 Å². The molecule has 0 saturated heterocycles. The van der Waals surface area contributed by atoms with Crippen molar-refractivity contribution in [1.82, 2.24) is 5.32 Å². The number of hydrogen-bond acceptors (Lipinski definition) is 2. The molecule has 2 rings (SSSR count). The molecule has 0 aliphatic heterocycles. The molecule has 0 bridgehead atoms. The highest BCUT2D eigenvalue weighted by atomic mass is 16.5. The van der Waals surface area contributed by atoms with Crippen LogP contribution in [0.4, 0.5) is 0 Å². The minimum atomic E-state index is -2.92. The van der Waals surface area contributed by atoms with Crippen molar-refractivity contribution in [3.63, 3.8) is 0 Å². The van der Waals surface area contributed by atoms with Crippen molar-refractivity contribution < 1.29 is 23.9 Å². The monoisotopic (exact) mass is 269 g/mol. The highest BCUT2D eigenvalue weighted by Crippen LogP contribution is 2.26. The Kier molecular flexibility index (Phi) is 1.59. The van der Waals surface area contributed by atoms with Crippen LogP contribution in [-0.4, -0.2) is 13.5 Å². The van der Waals surface area contributed by atoms with Crippen LogP contribution in [-0.2, 0) is 0 Å². The van der Waals surface area contributed by atoms with Crippen LogP contribution >= 0.6 is 0 Å². The van der Waals surface area contributed by atoms with Crippen molar-refractivity contribution in [2.75, 3.05) is 13.5 Å². The van der Waals surface area contributed by atoms with Gasteiger partial charge in [-0.25, -0.2) is 0 Å². The van der Waals surface area contributed by atoms with Crippen molar-refractivity contribution in [2.45, 2.75) is 19.4 Å². The van der Waals surface area contributed by atoms with Crippen molar-refractivity contribution >= 4 is 0 Å². The maximum atomic E-state index is 8.19. The average Bonchev–Trinajstić information content (AvgIpc) is 2.68. The summed E-state index contributed by atoms with van der Waals surface area (Å²) in [4.78, 5) is 0. The molecule has 2 aromatic rings. The van der Waals surface area contributed by atoms with Crippen LogP contribution in [0.5, 0.6) is 5.75 Å². The van der Waals surface area contributed by atoms with Gasteiger partial charge in [0.2, 0.25) is 0 Å². The van der Waals surface area contributed by atoms with Gasteiger partial charge >= 0.3 is 0 Å². The molecule has 0 amide bonds. The van der Waals surface area contributed by atoms with Crippen molar-refractivity contribution in [3.8, 4) is 5.75 Å². The lowest BCUT2D eigenvalue weighted by atomic mass is 10.1. The SMILES string of the molecule is [2H]c1c([2H])c([2H])c(C(CC([2H])([2H])NC([2H])([2H])[2H])Oc2c([2H])c([2H])c([2H])c([2H])c2C)c([2H])c1[2H]. The summed E-state index contributed by atoms with van der Waals surface area (Å²) >= 11 is 0. The first-order valence-electron chi connectivity index (χ1n) is 12.5. The van der Waals surface area contributed by atoms with Crippen LogP contribution < -0.4 is 10.1 Å². The molecule has 2 aromatic carbocycles. The first-order chi connectivity index (χ1) is 14.9. The first kappa shape index (κ1) is 4.35. The van der Waals surface area contributed by atoms with E-state index in [-0.39, 0.29) is 5.56 Å². The van der Waals surface area contributed by atoms with Gasteiger partial charge in [-0.3, -0.25) is 0 Å². The largest absolute Gasteiger partial charge is 0.485 e. The van der Waals surface area contributed by atoms with E-state index in [0.717, 1.165) is 0 Å². The van der Waals surface area contributed by atoms with Gasteiger partial charge in [-0.05, 0) is 37.6 Å². The highest BCUT2D eigenvalue weighted by molar-refractivity contribution is 5.33. The van der Waals surface area contributed by atoms with Crippen molar-refractivity contribution in [3.05, 3.63) is 65.5 Å². The van der Waals surface area contributed by atoms with E-state index in [4.69, 9.17) is 23.9 Å². The Balaban J connectivity index is 2.75. The summed E-state index contributed by atoms with van der Waals surface area (Å²) in [5.74, 6) is -0.414. The number of hydrogen-bond donors (Lipinski definition) is 1. The van der Waals surface area contributed by atoms with Gasteiger partial charge in [0.05, 0.1) is 12.3 Å². The number of rotatable bonds is 6. The van der Waals surface area contributed by atoms with E-state index in [0.29, 0.717) is 0 Å². The van der Waals surface area contributed by atoms with Crippen molar-refractivity contribution in [1.29, 1.82) is 0 Å². The Hall–Kier alpha value is -1.80. The molecule has 0 radical (unpaired) electrons. The summed E-state index contributed by atoms with van der Waals surface area (Å²) < 4.78 is 115. The van der Waals surface area contributed by atoms with Crippen LogP contribution in [0.25, 0.3) is 0 Å². The summed E-state index contributed by atoms with van der Waals surface area (Å²) in [6.45, 7) is -4.28. The maximum Gasteiger partial charge on any atom is 0.125 e. The lowest BCUT2D eigenvalue weighted by Gasteiger charge is -2.20. The van der Waals surface area contributed by atoms with E-state index >= 15 is 0 Å². The van der Waals surface area contributed by atoms with Gasteiger partial charge in [0.25, 0.3) is 0 Å². The summed E-state index contributed by atoms with van der Waals surface area (Å²) in [5.41, 5.74) is -0.535. The summed E-state index contributed by atoms with van der Waals surface area (Å²) in [5, 5.41) is 1.77. The van der Waals surface area contributed by atoms with Gasteiger partial charge in [0, 0.05) is 13.3 Å². The van der Waals surface area contributed by atoms with Gasteiger partial charge in [-0.15, -0.1) is 0 Å². The number of para-hydroxylation sites is 1. The van der Waals surface area contributed by atoms with Crippen LogP contribution in [0.3, 0.4) is 0 Å². The van der Waals surface area contributed by atoms with E-state index in [9.17, 15) is 0 Å². The second kappa shape index (κ2) is 6.95. The quantitative estimate of drug-likeness (QED) is 0.863. The fourth-order valence-electron chi connectivity index (χ4n) is 1.39.